The number of hydrogen-bond donors (Lipinski definition) is 2. The lowest BCUT2D eigenvalue weighted by Gasteiger charge is -2.36. The summed E-state index contributed by atoms with van der Waals surface area (Å²) in [6, 6.07) is 3.67. The third-order valence-corrected chi connectivity index (χ3v) is 7.87. The van der Waals surface area contributed by atoms with E-state index in [1.807, 2.05) is 24.4 Å². The van der Waals surface area contributed by atoms with Crippen molar-refractivity contribution in [3.63, 3.8) is 0 Å². The summed E-state index contributed by atoms with van der Waals surface area (Å²) >= 11 is 1.37. The Morgan fingerprint density at radius 1 is 1.32 bits per heavy atom. The second kappa shape index (κ2) is 8.06. The van der Waals surface area contributed by atoms with Crippen molar-refractivity contribution in [1.82, 2.24) is 10.3 Å². The SMILES string of the molecule is CC1CCc2c(ccc(-c3csc(C4(F)CCNCC4)n3)c2OC2CCC2)N1C(=O)O. The van der Waals surface area contributed by atoms with Crippen LogP contribution in [0.3, 0.4) is 0 Å². The Morgan fingerprint density at radius 3 is 2.77 bits per heavy atom. The summed E-state index contributed by atoms with van der Waals surface area (Å²) in [5, 5.41) is 15.4. The first-order valence-corrected chi connectivity index (χ1v) is 12.0. The number of rotatable bonds is 4. The predicted molar refractivity (Wildman–Crippen MR) is 119 cm³/mol. The monoisotopic (exact) mass is 445 g/mol. The molecular weight excluding hydrogens is 417 g/mol. The van der Waals surface area contributed by atoms with Gasteiger partial charge in [-0.2, -0.15) is 0 Å². The number of benzene rings is 1. The molecule has 8 heteroatoms. The molecule has 2 aromatic rings. The molecule has 1 unspecified atom stereocenters. The van der Waals surface area contributed by atoms with E-state index in [4.69, 9.17) is 9.72 Å². The van der Waals surface area contributed by atoms with Crippen LogP contribution in [0, 0.1) is 0 Å². The number of alkyl halides is 1. The molecule has 1 saturated heterocycles. The molecule has 2 fully saturated rings. The molecule has 5 rings (SSSR count). The molecule has 0 radical (unpaired) electrons. The van der Waals surface area contributed by atoms with Crippen molar-refractivity contribution in [2.45, 2.75) is 69.7 Å². The van der Waals surface area contributed by atoms with E-state index in [1.54, 1.807) is 0 Å². The number of piperidine rings is 1. The van der Waals surface area contributed by atoms with E-state index in [0.717, 1.165) is 49.0 Å². The fourth-order valence-electron chi connectivity index (χ4n) is 4.73. The molecular formula is C23H28FN3O3S. The maximum absolute atomic E-state index is 15.5. The molecule has 2 N–H and O–H groups in total. The highest BCUT2D eigenvalue weighted by molar-refractivity contribution is 7.10. The zero-order chi connectivity index (χ0) is 21.6. The summed E-state index contributed by atoms with van der Waals surface area (Å²) in [5.74, 6) is 0.732. The fraction of sp³-hybridized carbons (Fsp3) is 0.565. The molecule has 1 saturated carbocycles. The number of fused-ring (bicyclic) bond motifs is 1. The highest BCUT2D eigenvalue weighted by atomic mass is 32.1. The van der Waals surface area contributed by atoms with Gasteiger partial charge in [0.05, 0.1) is 17.5 Å². The van der Waals surface area contributed by atoms with Crippen LogP contribution in [-0.4, -0.2) is 41.4 Å². The molecule has 31 heavy (non-hydrogen) atoms. The minimum absolute atomic E-state index is 0.0791. The standard InChI is InChI=1S/C23H28FN3O3S/c1-14-5-6-17-19(27(14)22(28)29)8-7-16(20(17)30-15-3-2-4-15)18-13-31-21(26-18)23(24)9-11-25-12-10-23/h7-8,13-15,25H,2-6,9-12H2,1H3,(H,28,29). The van der Waals surface area contributed by atoms with Crippen molar-refractivity contribution in [3.05, 3.63) is 28.1 Å². The Bertz CT molecular complexity index is 984. The topological polar surface area (TPSA) is 74.7 Å². The summed E-state index contributed by atoms with van der Waals surface area (Å²) in [6.45, 7) is 3.25. The molecule has 6 nitrogen and oxygen atoms in total. The number of anilines is 1. The molecule has 1 amide bonds. The van der Waals surface area contributed by atoms with Crippen LogP contribution in [0.2, 0.25) is 0 Å². The van der Waals surface area contributed by atoms with Gasteiger partial charge in [-0.25, -0.2) is 14.2 Å². The van der Waals surface area contributed by atoms with Crippen molar-refractivity contribution in [2.24, 2.45) is 0 Å². The molecule has 166 valence electrons. The molecule has 1 atom stereocenters. The zero-order valence-corrected chi connectivity index (χ0v) is 18.5. The second-order valence-electron chi connectivity index (χ2n) is 8.90. The van der Waals surface area contributed by atoms with E-state index < -0.39 is 11.8 Å². The molecule has 1 aromatic heterocycles. The van der Waals surface area contributed by atoms with Crippen LogP contribution in [0.4, 0.5) is 14.9 Å². The van der Waals surface area contributed by atoms with E-state index in [0.29, 0.717) is 42.3 Å². The largest absolute Gasteiger partial charge is 0.489 e. The van der Waals surface area contributed by atoms with Gasteiger partial charge in [0.15, 0.2) is 5.67 Å². The number of thiazole rings is 1. The summed E-state index contributed by atoms with van der Waals surface area (Å²) in [7, 11) is 0. The molecule has 2 aliphatic heterocycles. The van der Waals surface area contributed by atoms with Crippen LogP contribution >= 0.6 is 11.3 Å². The molecule has 1 aliphatic carbocycles. The quantitative estimate of drug-likeness (QED) is 0.684. The fourth-order valence-corrected chi connectivity index (χ4v) is 5.70. The maximum atomic E-state index is 15.5. The highest BCUT2D eigenvalue weighted by Crippen LogP contribution is 2.46. The average Bonchev–Trinajstić information content (AvgIpc) is 3.21. The Hall–Kier alpha value is -2.19. The van der Waals surface area contributed by atoms with Crippen molar-refractivity contribution < 1.29 is 19.0 Å². The lowest BCUT2D eigenvalue weighted by atomic mass is 9.92. The summed E-state index contributed by atoms with van der Waals surface area (Å²) in [4.78, 5) is 18.1. The van der Waals surface area contributed by atoms with Crippen molar-refractivity contribution in [1.29, 1.82) is 0 Å². The van der Waals surface area contributed by atoms with E-state index in [2.05, 4.69) is 5.32 Å². The Kier molecular flexibility index (Phi) is 5.38. The number of halogens is 1. The summed E-state index contributed by atoms with van der Waals surface area (Å²) in [6.07, 6.45) is 4.72. The summed E-state index contributed by atoms with van der Waals surface area (Å²) < 4.78 is 21.9. The lowest BCUT2D eigenvalue weighted by molar-refractivity contribution is 0.115. The predicted octanol–water partition coefficient (Wildman–Crippen LogP) is 5.11. The van der Waals surface area contributed by atoms with Gasteiger partial charge in [0.25, 0.3) is 0 Å². The van der Waals surface area contributed by atoms with Crippen LogP contribution in [0.15, 0.2) is 17.5 Å². The number of amides is 1. The second-order valence-corrected chi connectivity index (χ2v) is 9.76. The first kappa shape index (κ1) is 20.7. The molecule has 0 bridgehead atoms. The molecule has 1 aromatic carbocycles. The van der Waals surface area contributed by atoms with Gasteiger partial charge in [-0.15, -0.1) is 11.3 Å². The van der Waals surface area contributed by atoms with Crippen LogP contribution in [0.1, 0.15) is 56.0 Å². The van der Waals surface area contributed by atoms with Crippen molar-refractivity contribution >= 4 is 23.1 Å². The van der Waals surface area contributed by atoms with E-state index in [1.165, 1.54) is 16.2 Å². The number of carboxylic acid groups (broad SMARTS) is 1. The Morgan fingerprint density at radius 2 is 2.10 bits per heavy atom. The van der Waals surface area contributed by atoms with Gasteiger partial charge in [0, 0.05) is 35.4 Å². The first-order valence-electron chi connectivity index (χ1n) is 11.2. The number of aromatic nitrogens is 1. The number of hydrogen-bond acceptors (Lipinski definition) is 5. The lowest BCUT2D eigenvalue weighted by Crippen LogP contribution is -2.41. The minimum Gasteiger partial charge on any atom is -0.489 e. The van der Waals surface area contributed by atoms with E-state index in [-0.39, 0.29) is 12.1 Å². The van der Waals surface area contributed by atoms with E-state index >= 15 is 4.39 Å². The van der Waals surface area contributed by atoms with Gasteiger partial charge >= 0.3 is 6.09 Å². The highest BCUT2D eigenvalue weighted by Gasteiger charge is 2.38. The minimum atomic E-state index is -1.38. The summed E-state index contributed by atoms with van der Waals surface area (Å²) in [5.41, 5.74) is 1.79. The maximum Gasteiger partial charge on any atom is 0.412 e. The van der Waals surface area contributed by atoms with Gasteiger partial charge in [0.1, 0.15) is 10.8 Å². The number of carbonyl (C=O) groups is 1. The van der Waals surface area contributed by atoms with Gasteiger partial charge in [-0.3, -0.25) is 4.90 Å². The molecule has 3 aliphatic rings. The third kappa shape index (κ3) is 3.69. The first-order chi connectivity index (χ1) is 15.0. The number of nitrogens with one attached hydrogen (secondary N) is 1. The normalized spacial score (nSPS) is 23.2. The van der Waals surface area contributed by atoms with Crippen molar-refractivity contribution in [3.8, 4) is 17.0 Å². The van der Waals surface area contributed by atoms with Crippen molar-refractivity contribution in [2.75, 3.05) is 18.0 Å². The Balaban J connectivity index is 1.57. The van der Waals surface area contributed by atoms with Crippen LogP contribution < -0.4 is 15.0 Å². The van der Waals surface area contributed by atoms with Gasteiger partial charge < -0.3 is 15.2 Å². The van der Waals surface area contributed by atoms with Gasteiger partial charge in [-0.05, 0) is 64.3 Å². The Labute approximate surface area is 185 Å². The van der Waals surface area contributed by atoms with Gasteiger partial charge in [-0.1, -0.05) is 0 Å². The van der Waals surface area contributed by atoms with E-state index in [9.17, 15) is 9.90 Å². The van der Waals surface area contributed by atoms with Gasteiger partial charge in [0.2, 0.25) is 0 Å². The number of nitrogens with zero attached hydrogens (tertiary/aromatic N) is 2. The van der Waals surface area contributed by atoms with Crippen LogP contribution in [-0.2, 0) is 12.1 Å². The molecule has 3 heterocycles. The number of ether oxygens (including phenoxy) is 1. The molecule has 0 spiro atoms. The van der Waals surface area contributed by atoms with Crippen LogP contribution in [0.5, 0.6) is 5.75 Å². The van der Waals surface area contributed by atoms with Crippen LogP contribution in [0.25, 0.3) is 11.3 Å². The zero-order valence-electron chi connectivity index (χ0n) is 17.7. The third-order valence-electron chi connectivity index (χ3n) is 6.85. The smallest absolute Gasteiger partial charge is 0.412 e. The average molecular weight is 446 g/mol.